The third-order valence-corrected chi connectivity index (χ3v) is 11.9. The fourth-order valence-electron chi connectivity index (χ4n) is 3.14. The monoisotopic (exact) mass is 456 g/mol. The first kappa shape index (κ1) is 25.3. The van der Waals surface area contributed by atoms with E-state index >= 15 is 0 Å². The van der Waals surface area contributed by atoms with Gasteiger partial charge in [-0.3, -0.25) is 9.13 Å². The molecule has 10 heteroatoms. The molecule has 0 fully saturated rings. The van der Waals surface area contributed by atoms with Crippen LogP contribution < -0.4 is 0 Å². The predicted molar refractivity (Wildman–Crippen MR) is 114 cm³/mol. The number of hydrogen-bond acceptors (Lipinski definition) is 4. The SMILES string of the molecule is CCCSc1c(C)c(CC)c(SC(P(=O)(O)O)P(=O)(O)O)c(CC)c1CC. The minimum Gasteiger partial charge on any atom is -0.323 e. The molecule has 0 aliphatic carbocycles. The van der Waals surface area contributed by atoms with Crippen molar-refractivity contribution >= 4 is 38.7 Å². The molecule has 4 N–H and O–H groups in total. The van der Waals surface area contributed by atoms with Crippen molar-refractivity contribution in [1.82, 2.24) is 0 Å². The summed E-state index contributed by atoms with van der Waals surface area (Å²) in [6.07, 6.45) is 3.04. The van der Waals surface area contributed by atoms with Gasteiger partial charge < -0.3 is 19.6 Å². The summed E-state index contributed by atoms with van der Waals surface area (Å²) in [5.74, 6) is 0.972. The van der Waals surface area contributed by atoms with E-state index in [9.17, 15) is 28.7 Å². The van der Waals surface area contributed by atoms with Crippen LogP contribution in [-0.4, -0.2) is 30.1 Å². The average Bonchev–Trinajstić information content (AvgIpc) is 2.55. The summed E-state index contributed by atoms with van der Waals surface area (Å²) in [5.41, 5.74) is 4.01. The third-order valence-electron chi connectivity index (χ3n) is 4.29. The molecule has 27 heavy (non-hydrogen) atoms. The molecule has 0 saturated heterocycles. The average molecular weight is 457 g/mol. The van der Waals surface area contributed by atoms with Crippen LogP contribution in [-0.2, 0) is 28.4 Å². The van der Waals surface area contributed by atoms with Gasteiger partial charge in [-0.25, -0.2) is 0 Å². The van der Waals surface area contributed by atoms with Crippen LogP contribution in [0.15, 0.2) is 9.79 Å². The van der Waals surface area contributed by atoms with Crippen LogP contribution in [0.5, 0.6) is 0 Å². The van der Waals surface area contributed by atoms with Crippen molar-refractivity contribution in [2.45, 2.75) is 74.8 Å². The summed E-state index contributed by atoms with van der Waals surface area (Å²) in [7, 11) is -9.99. The van der Waals surface area contributed by atoms with Crippen molar-refractivity contribution in [2.75, 3.05) is 5.75 Å². The summed E-state index contributed by atoms with van der Waals surface area (Å²) in [4.78, 5) is 40.1. The molecule has 0 aliphatic heterocycles. The maximum atomic E-state index is 11.8. The molecule has 0 atom stereocenters. The topological polar surface area (TPSA) is 115 Å². The van der Waals surface area contributed by atoms with E-state index in [1.165, 1.54) is 4.90 Å². The van der Waals surface area contributed by atoms with E-state index in [-0.39, 0.29) is 0 Å². The van der Waals surface area contributed by atoms with Gasteiger partial charge >= 0.3 is 15.2 Å². The van der Waals surface area contributed by atoms with E-state index in [1.54, 1.807) is 11.8 Å². The standard InChI is InChI=1S/C17H30O6P2S2/c1-6-10-26-15-11(5)12(7-2)16(14(9-4)13(15)8-3)27-17(24(18,19)20)25(21,22)23/h17H,6-10H2,1-5H3,(H2,18,19,20)(H2,21,22,23). The van der Waals surface area contributed by atoms with Crippen molar-refractivity contribution < 1.29 is 28.7 Å². The zero-order valence-electron chi connectivity index (χ0n) is 16.4. The first-order valence-corrected chi connectivity index (χ1v) is 14.2. The quantitative estimate of drug-likeness (QED) is 0.290. The second-order valence-electron chi connectivity index (χ2n) is 6.25. The van der Waals surface area contributed by atoms with Crippen LogP contribution in [0.4, 0.5) is 0 Å². The zero-order chi connectivity index (χ0) is 21.0. The van der Waals surface area contributed by atoms with Crippen LogP contribution in [0, 0.1) is 6.92 Å². The highest BCUT2D eigenvalue weighted by Gasteiger charge is 2.45. The first-order valence-electron chi connectivity index (χ1n) is 9.00. The lowest BCUT2D eigenvalue weighted by molar-refractivity contribution is 0.352. The Bertz CT molecular complexity index is 735. The second kappa shape index (κ2) is 10.3. The van der Waals surface area contributed by atoms with Crippen molar-refractivity contribution in [3.05, 3.63) is 22.3 Å². The molecular weight excluding hydrogens is 426 g/mol. The van der Waals surface area contributed by atoms with Crippen LogP contribution in [0.3, 0.4) is 0 Å². The molecule has 0 bridgehead atoms. The van der Waals surface area contributed by atoms with Crippen molar-refractivity contribution in [3.8, 4) is 0 Å². The zero-order valence-corrected chi connectivity index (χ0v) is 19.9. The van der Waals surface area contributed by atoms with Gasteiger partial charge in [0.25, 0.3) is 0 Å². The van der Waals surface area contributed by atoms with Gasteiger partial charge in [0.1, 0.15) is 0 Å². The molecule has 0 radical (unpaired) electrons. The van der Waals surface area contributed by atoms with Crippen LogP contribution in [0.1, 0.15) is 56.4 Å². The van der Waals surface area contributed by atoms with Crippen molar-refractivity contribution in [3.63, 3.8) is 0 Å². The van der Waals surface area contributed by atoms with Crippen molar-refractivity contribution in [2.24, 2.45) is 0 Å². The largest absolute Gasteiger partial charge is 0.351 e. The van der Waals surface area contributed by atoms with Crippen LogP contribution >= 0.6 is 38.7 Å². The van der Waals surface area contributed by atoms with Gasteiger partial charge in [-0.2, -0.15) is 0 Å². The van der Waals surface area contributed by atoms with E-state index in [0.717, 1.165) is 40.8 Å². The summed E-state index contributed by atoms with van der Waals surface area (Å²) in [6, 6.07) is 0. The van der Waals surface area contributed by atoms with Gasteiger partial charge in [0.2, 0.25) is 4.73 Å². The summed E-state index contributed by atoms with van der Waals surface area (Å²) in [5, 5.41) is 0. The molecule has 0 aromatic heterocycles. The first-order chi connectivity index (χ1) is 12.4. The van der Waals surface area contributed by atoms with E-state index in [0.29, 0.717) is 29.5 Å². The second-order valence-corrected chi connectivity index (χ2v) is 13.0. The minimum atomic E-state index is -5.00. The van der Waals surface area contributed by atoms with E-state index in [2.05, 4.69) is 6.92 Å². The Labute approximate surface area is 170 Å². The molecule has 0 aliphatic rings. The van der Waals surface area contributed by atoms with Gasteiger partial charge in [0.05, 0.1) is 0 Å². The highest BCUT2D eigenvalue weighted by Crippen LogP contribution is 2.66. The van der Waals surface area contributed by atoms with Crippen LogP contribution in [0.2, 0.25) is 0 Å². The van der Waals surface area contributed by atoms with E-state index < -0.39 is 19.9 Å². The molecule has 1 aromatic carbocycles. The highest BCUT2D eigenvalue weighted by molar-refractivity contribution is 8.12. The molecule has 0 spiro atoms. The smallest absolute Gasteiger partial charge is 0.323 e. The lowest BCUT2D eigenvalue weighted by Gasteiger charge is -2.26. The van der Waals surface area contributed by atoms with Gasteiger partial charge in [-0.15, -0.1) is 11.8 Å². The van der Waals surface area contributed by atoms with Gasteiger partial charge in [-0.1, -0.05) is 39.5 Å². The lowest BCUT2D eigenvalue weighted by Crippen LogP contribution is -2.10. The Kier molecular flexibility index (Phi) is 9.64. The Balaban J connectivity index is 3.74. The predicted octanol–water partition coefficient (Wildman–Crippen LogP) is 4.92. The molecule has 0 saturated carbocycles. The third kappa shape index (κ3) is 6.10. The Hall–Kier alpha value is 0.220. The van der Waals surface area contributed by atoms with Crippen molar-refractivity contribution in [1.29, 1.82) is 0 Å². The molecule has 0 unspecified atom stereocenters. The normalized spacial score (nSPS) is 12.8. The number of rotatable bonds is 10. The number of thioether (sulfide) groups is 2. The summed E-state index contributed by atoms with van der Waals surface area (Å²) < 4.78 is 21.5. The fourth-order valence-corrected chi connectivity index (χ4v) is 8.69. The molecule has 0 amide bonds. The molecule has 1 rings (SSSR count). The summed E-state index contributed by atoms with van der Waals surface area (Å²) in [6.45, 7) is 10.1. The maximum Gasteiger partial charge on any atom is 0.351 e. The Morgan fingerprint density at radius 2 is 1.26 bits per heavy atom. The lowest BCUT2D eigenvalue weighted by atomic mass is 9.94. The highest BCUT2D eigenvalue weighted by atomic mass is 32.2. The van der Waals surface area contributed by atoms with Gasteiger partial charge in [0, 0.05) is 9.79 Å². The van der Waals surface area contributed by atoms with E-state index in [4.69, 9.17) is 0 Å². The van der Waals surface area contributed by atoms with Gasteiger partial charge in [-0.05, 0) is 60.6 Å². The minimum absolute atomic E-state index is 0.617. The Morgan fingerprint density at radius 3 is 1.63 bits per heavy atom. The molecule has 0 heterocycles. The number of hydrogen-bond donors (Lipinski definition) is 4. The van der Waals surface area contributed by atoms with E-state index in [1.807, 2.05) is 27.7 Å². The molecule has 6 nitrogen and oxygen atoms in total. The number of benzene rings is 1. The maximum absolute atomic E-state index is 11.8. The fraction of sp³-hybridized carbons (Fsp3) is 0.647. The molecule has 1 aromatic rings. The Morgan fingerprint density at radius 1 is 0.815 bits per heavy atom. The molecule has 156 valence electrons. The molecular formula is C17H30O6P2S2. The summed E-state index contributed by atoms with van der Waals surface area (Å²) >= 11 is 2.43. The van der Waals surface area contributed by atoms with Gasteiger partial charge in [0.15, 0.2) is 0 Å². The van der Waals surface area contributed by atoms with Crippen LogP contribution in [0.25, 0.3) is 0 Å².